The molecule has 0 aliphatic rings. The van der Waals surface area contributed by atoms with Gasteiger partial charge in [-0.25, -0.2) is 0 Å². The van der Waals surface area contributed by atoms with Crippen molar-refractivity contribution in [2.75, 3.05) is 317 Å². The Bertz CT molecular complexity index is 1760. The Labute approximate surface area is 575 Å². The van der Waals surface area contributed by atoms with Crippen molar-refractivity contribution in [3.8, 4) is 5.75 Å². The van der Waals surface area contributed by atoms with E-state index in [1.807, 2.05) is 6.92 Å². The van der Waals surface area contributed by atoms with Crippen LogP contribution >= 0.6 is 0 Å². The number of quaternary nitrogens is 1. The lowest BCUT2D eigenvalue weighted by Crippen LogP contribution is -2.53. The number of benzene rings is 1. The average molecular weight is 1410 g/mol. The molecule has 30 heteroatoms. The van der Waals surface area contributed by atoms with E-state index in [1.54, 1.807) is 0 Å². The van der Waals surface area contributed by atoms with Crippen LogP contribution in [-0.4, -0.2) is 317 Å². The summed E-state index contributed by atoms with van der Waals surface area (Å²) >= 11 is 0. The first kappa shape index (κ1) is 91.8. The van der Waals surface area contributed by atoms with Gasteiger partial charge >= 0.3 is 10.8 Å². The van der Waals surface area contributed by atoms with Gasteiger partial charge in [0.2, 0.25) is 0 Å². The molecule has 1 atom stereocenters. The summed E-state index contributed by atoms with van der Waals surface area (Å²) in [5.41, 5.74) is 2.49. The highest BCUT2D eigenvalue weighted by molar-refractivity contribution is 7.88. The maximum atomic E-state index is 10.9. The molecule has 1 aromatic carbocycles. The molecule has 1 rings (SSSR count). The van der Waals surface area contributed by atoms with E-state index < -0.39 is 10.8 Å². The molecule has 0 aliphatic carbocycles. The van der Waals surface area contributed by atoms with Crippen LogP contribution in [0.15, 0.2) is 24.3 Å². The zero-order valence-corrected chi connectivity index (χ0v) is 59.3. The van der Waals surface area contributed by atoms with Crippen molar-refractivity contribution in [2.24, 2.45) is 0 Å². The second-order valence-corrected chi connectivity index (χ2v) is 21.8. The maximum Gasteiger partial charge on any atom is 0.597 e. The van der Waals surface area contributed by atoms with E-state index in [4.69, 9.17) is 114 Å². The molecule has 0 saturated carbocycles. The fourth-order valence-corrected chi connectivity index (χ4v) is 8.20. The number of hydrogen-bond acceptors (Lipinski definition) is 27. The van der Waals surface area contributed by atoms with Crippen LogP contribution in [0.5, 0.6) is 5.75 Å². The number of rotatable bonds is 84. The minimum absolute atomic E-state index is 0.0802. The Morgan fingerprint density at radius 3 is 0.760 bits per heavy atom. The third kappa shape index (κ3) is 71.6. The van der Waals surface area contributed by atoms with Crippen LogP contribution in [-0.2, 0) is 143 Å². The van der Waals surface area contributed by atoms with Crippen LogP contribution < -0.4 is 10.6 Å². The van der Waals surface area contributed by atoms with Crippen LogP contribution in [0.25, 0.3) is 6.08 Å². The van der Waals surface area contributed by atoms with Gasteiger partial charge in [0.25, 0.3) is 0 Å². The van der Waals surface area contributed by atoms with Crippen LogP contribution in [0, 0.1) is 0 Å². The molecule has 0 saturated heterocycles. The quantitative estimate of drug-likeness (QED) is 0.0528. The number of unbranched alkanes of at least 4 members (excludes halogenated alkanes) is 6. The summed E-state index contributed by atoms with van der Waals surface area (Å²) in [6.07, 6.45) is 14.5. The highest BCUT2D eigenvalue weighted by Gasteiger charge is 2.35. The highest BCUT2D eigenvalue weighted by Crippen LogP contribution is 2.23. The maximum absolute atomic E-state index is 10.9. The van der Waals surface area contributed by atoms with Gasteiger partial charge in [0, 0.05) is 9.77 Å². The van der Waals surface area contributed by atoms with Gasteiger partial charge in [-0.05, 0) is 37.5 Å². The molecule has 0 aromatic heterocycles. The Hall–Kier alpha value is -2.17. The molecule has 567 valence electrons. The first-order valence-electron chi connectivity index (χ1n) is 34.5. The molecular weight excluding hydrogens is 1290 g/mol. The summed E-state index contributed by atoms with van der Waals surface area (Å²) in [5.74, 6) is 3.67. The topological polar surface area (TPSA) is 305 Å². The zero-order valence-electron chi connectivity index (χ0n) is 58.5. The number of aryl methyl sites for hydroxylation is 1. The second kappa shape index (κ2) is 78.5. The van der Waals surface area contributed by atoms with E-state index >= 15 is 0 Å². The van der Waals surface area contributed by atoms with E-state index in [0.29, 0.717) is 304 Å². The molecular formula is C66H126NO28S+2. The summed E-state index contributed by atoms with van der Waals surface area (Å²) in [7, 11) is -4.05. The predicted molar refractivity (Wildman–Crippen MR) is 356 cm³/mol. The Kier molecular flexibility index (Phi) is 75.1. The van der Waals surface area contributed by atoms with Gasteiger partial charge in [0.15, 0.2) is 0 Å². The summed E-state index contributed by atoms with van der Waals surface area (Å²) in [6, 6.07) is 6.53. The van der Waals surface area contributed by atoms with Gasteiger partial charge in [0.05, 0.1) is 308 Å². The predicted octanol–water partition coefficient (Wildman–Crippen LogP) is 4.64. The highest BCUT2D eigenvalue weighted by atomic mass is 32.3. The first-order valence-corrected chi connectivity index (χ1v) is 35.8. The zero-order chi connectivity index (χ0) is 68.8. The molecule has 96 heavy (non-hydrogen) atoms. The van der Waals surface area contributed by atoms with E-state index in [-0.39, 0.29) is 13.2 Å². The van der Waals surface area contributed by atoms with Crippen LogP contribution in [0.2, 0.25) is 0 Å². The molecule has 29 nitrogen and oxygen atoms in total. The molecule has 0 heterocycles. The van der Waals surface area contributed by atoms with Gasteiger partial charge < -0.3 is 114 Å². The molecule has 0 spiro atoms. The van der Waals surface area contributed by atoms with E-state index in [0.717, 1.165) is 17.7 Å². The third-order valence-corrected chi connectivity index (χ3v) is 13.5. The molecule has 1 unspecified atom stereocenters. The lowest BCUT2D eigenvalue weighted by atomic mass is 10.0. The fourth-order valence-electron chi connectivity index (χ4n) is 7.86. The van der Waals surface area contributed by atoms with Crippen LogP contribution in [0.4, 0.5) is 0 Å². The fraction of sp³-hybridized carbons (Fsp3) is 0.879. The van der Waals surface area contributed by atoms with E-state index in [1.165, 1.54) is 50.5 Å². The summed E-state index contributed by atoms with van der Waals surface area (Å²) in [4.78, 5) is 0. The Morgan fingerprint density at radius 2 is 0.531 bits per heavy atom. The lowest BCUT2D eigenvalue weighted by molar-refractivity contribution is -0.640. The van der Waals surface area contributed by atoms with Gasteiger partial charge in [-0.1, -0.05) is 63.7 Å². The average Bonchev–Trinajstić information content (AvgIpc) is 0.984. The molecule has 0 bridgehead atoms. The van der Waals surface area contributed by atoms with Gasteiger partial charge in [-0.3, -0.25) is 0 Å². The van der Waals surface area contributed by atoms with Crippen LogP contribution in [0.1, 0.15) is 69.9 Å². The number of allylic oxidation sites excluding steroid dienone is 1. The van der Waals surface area contributed by atoms with Crippen molar-refractivity contribution in [1.29, 1.82) is 0 Å². The molecule has 0 amide bonds. The van der Waals surface area contributed by atoms with Gasteiger partial charge in [-0.15, -0.1) is 4.18 Å². The largest absolute Gasteiger partial charge is 0.597 e. The van der Waals surface area contributed by atoms with Crippen molar-refractivity contribution in [3.63, 3.8) is 0 Å². The van der Waals surface area contributed by atoms with Crippen molar-refractivity contribution in [1.82, 2.24) is 0 Å². The SMILES string of the molecule is C/C=C/c1cc(CCCCCCCCC)ccc1OCCOCCOCCOCCOCCOCCOCCOCCOCCOCCOCCOCCOCCOCCOCCOCCOCCOCCOCCOCCOCCOCCOCCOCCO[S+]([O])(=O)O[NH3+]. The summed E-state index contributed by atoms with van der Waals surface area (Å²) in [5, 5.41) is 0. The molecule has 0 fully saturated rings. The van der Waals surface area contributed by atoms with E-state index in [2.05, 4.69) is 51.6 Å². The standard InChI is InChI=1S/C66H126NO28S/c1-3-5-6-7-8-9-10-12-64-13-14-66(65(63-64)11-4-2)93-61-59-91-57-55-89-53-51-87-49-47-85-45-43-83-41-39-81-37-35-79-33-31-77-29-27-75-25-23-73-21-19-71-17-15-70-16-18-72-20-22-74-24-26-76-28-30-78-32-34-80-36-38-82-40-42-84-44-46-86-48-50-88-52-54-90-56-58-92-60-62-94-96(68,69)95-67/h4,11,13-14,63H,3,5-10,12,15-62H2,1-2,67H3/q+2/b11-4+. The van der Waals surface area contributed by atoms with Crippen molar-refractivity contribution < 1.29 is 137 Å². The van der Waals surface area contributed by atoms with E-state index in [9.17, 15) is 8.76 Å². The first-order chi connectivity index (χ1) is 47.5. The lowest BCUT2D eigenvalue weighted by Gasteiger charge is -2.12. The normalized spacial score (nSPS) is 12.5. The molecule has 1 radical (unpaired) electrons. The third-order valence-electron chi connectivity index (χ3n) is 12.8. The molecule has 3 N–H and O–H groups in total. The second-order valence-electron chi connectivity index (χ2n) is 20.5. The number of hydrogen-bond donors (Lipinski definition) is 1. The smallest absolute Gasteiger partial charge is 0.491 e. The van der Waals surface area contributed by atoms with Crippen molar-refractivity contribution in [2.45, 2.75) is 65.2 Å². The Balaban J connectivity index is 1.64. The summed E-state index contributed by atoms with van der Waals surface area (Å²) < 4.78 is 163. The van der Waals surface area contributed by atoms with Gasteiger partial charge in [-0.2, -0.15) is 5.90 Å². The minimum atomic E-state index is -4.05. The summed E-state index contributed by atoms with van der Waals surface area (Å²) in [6.45, 7) is 25.7. The monoisotopic (exact) mass is 1410 g/mol. The minimum Gasteiger partial charge on any atom is -0.491 e. The van der Waals surface area contributed by atoms with Crippen molar-refractivity contribution in [3.05, 3.63) is 35.4 Å². The molecule has 1 aromatic rings. The Morgan fingerprint density at radius 1 is 0.312 bits per heavy atom. The molecule has 0 aliphatic heterocycles. The van der Waals surface area contributed by atoms with Crippen LogP contribution in [0.3, 0.4) is 0 Å². The number of ether oxygens (including phenoxy) is 24. The van der Waals surface area contributed by atoms with Crippen molar-refractivity contribution >= 4 is 16.9 Å². The van der Waals surface area contributed by atoms with Gasteiger partial charge in [0.1, 0.15) is 23.5 Å².